The Kier molecular flexibility index (Phi) is 2.86. The molecular weight excluding hydrogens is 314 g/mol. The van der Waals surface area contributed by atoms with Gasteiger partial charge in [-0.1, -0.05) is 6.07 Å². The van der Waals surface area contributed by atoms with E-state index in [1.165, 1.54) is 6.07 Å². The molecule has 96 valence electrons. The number of rotatable bonds is 1. The van der Waals surface area contributed by atoms with Crippen molar-refractivity contribution >= 4 is 21.4 Å². The average molecular weight is 323 g/mol. The van der Waals surface area contributed by atoms with Crippen LogP contribution in [0.4, 0.5) is 8.78 Å². The summed E-state index contributed by atoms with van der Waals surface area (Å²) in [6, 6.07) is 9.55. The lowest BCUT2D eigenvalue weighted by atomic mass is 10.2. The zero-order valence-electron chi connectivity index (χ0n) is 9.99. The van der Waals surface area contributed by atoms with Crippen LogP contribution in [-0.4, -0.2) is 9.38 Å². The summed E-state index contributed by atoms with van der Waals surface area (Å²) in [6.45, 7) is 1.94. The first-order valence-corrected chi connectivity index (χ1v) is 6.46. The molecule has 0 atom stereocenters. The Labute approximate surface area is 116 Å². The molecule has 1 aromatic carbocycles. The van der Waals surface area contributed by atoms with Crippen molar-refractivity contribution in [2.45, 2.75) is 6.92 Å². The highest BCUT2D eigenvalue weighted by Gasteiger charge is 2.14. The van der Waals surface area contributed by atoms with Gasteiger partial charge in [-0.15, -0.1) is 0 Å². The number of imidazole rings is 1. The highest BCUT2D eigenvalue weighted by molar-refractivity contribution is 9.10. The Morgan fingerprint density at radius 1 is 1.11 bits per heavy atom. The van der Waals surface area contributed by atoms with E-state index >= 15 is 0 Å². The Hall–Kier alpha value is -1.75. The van der Waals surface area contributed by atoms with Crippen LogP contribution in [-0.2, 0) is 0 Å². The molecule has 0 radical (unpaired) electrons. The third kappa shape index (κ3) is 1.94. The molecule has 3 rings (SSSR count). The third-order valence-corrected chi connectivity index (χ3v) is 3.57. The summed E-state index contributed by atoms with van der Waals surface area (Å²) in [5.41, 5.74) is 2.39. The summed E-state index contributed by atoms with van der Waals surface area (Å²) in [7, 11) is 0. The highest BCUT2D eigenvalue weighted by atomic mass is 79.9. The topological polar surface area (TPSA) is 17.3 Å². The van der Waals surface area contributed by atoms with E-state index in [9.17, 15) is 8.78 Å². The maximum atomic E-state index is 13.3. The first kappa shape index (κ1) is 12.3. The summed E-state index contributed by atoms with van der Waals surface area (Å²) < 4.78 is 28.9. The second-order valence-corrected chi connectivity index (χ2v) is 4.99. The van der Waals surface area contributed by atoms with Gasteiger partial charge in [-0.3, -0.25) is 4.40 Å². The molecule has 5 heteroatoms. The molecule has 3 aromatic rings. The molecule has 0 fully saturated rings. The number of hydrogen-bond acceptors (Lipinski definition) is 1. The monoisotopic (exact) mass is 322 g/mol. The third-order valence-electron chi connectivity index (χ3n) is 2.99. The van der Waals surface area contributed by atoms with Crippen molar-refractivity contribution in [1.82, 2.24) is 9.38 Å². The standard InChI is InChI=1S/C14H9BrF2N2/c1-8-3-2-4-12-13(15)18-14(19(8)12)9-5-6-10(16)11(17)7-9/h2-7H,1H3. The fraction of sp³-hybridized carbons (Fsp3) is 0.0714. The fourth-order valence-corrected chi connectivity index (χ4v) is 2.57. The number of aryl methyl sites for hydroxylation is 1. The SMILES string of the molecule is Cc1cccc2c(Br)nc(-c3ccc(F)c(F)c3)n12. The minimum atomic E-state index is -0.876. The van der Waals surface area contributed by atoms with E-state index in [1.54, 1.807) is 0 Å². The van der Waals surface area contributed by atoms with Crippen molar-refractivity contribution in [3.05, 3.63) is 58.3 Å². The zero-order chi connectivity index (χ0) is 13.6. The Morgan fingerprint density at radius 3 is 2.63 bits per heavy atom. The lowest BCUT2D eigenvalue weighted by Crippen LogP contribution is -1.95. The van der Waals surface area contributed by atoms with Crippen LogP contribution < -0.4 is 0 Å². The molecule has 0 unspecified atom stereocenters. The summed E-state index contributed by atoms with van der Waals surface area (Å²) in [6.07, 6.45) is 0. The second kappa shape index (κ2) is 4.42. The number of aromatic nitrogens is 2. The number of hydrogen-bond donors (Lipinski definition) is 0. The quantitative estimate of drug-likeness (QED) is 0.651. The Balaban J connectivity index is 2.33. The number of fused-ring (bicyclic) bond motifs is 1. The van der Waals surface area contributed by atoms with Crippen molar-refractivity contribution in [3.8, 4) is 11.4 Å². The van der Waals surface area contributed by atoms with E-state index in [0.29, 0.717) is 16.0 Å². The molecule has 19 heavy (non-hydrogen) atoms. The molecule has 2 heterocycles. The van der Waals surface area contributed by atoms with Gasteiger partial charge in [0.1, 0.15) is 10.4 Å². The van der Waals surface area contributed by atoms with E-state index in [1.807, 2.05) is 29.5 Å². The molecule has 0 aliphatic carbocycles. The van der Waals surface area contributed by atoms with E-state index < -0.39 is 11.6 Å². The van der Waals surface area contributed by atoms with E-state index in [0.717, 1.165) is 23.3 Å². The Morgan fingerprint density at radius 2 is 1.89 bits per heavy atom. The fourth-order valence-electron chi connectivity index (χ4n) is 2.09. The molecule has 0 aliphatic rings. The average Bonchev–Trinajstić information content (AvgIpc) is 2.72. The summed E-state index contributed by atoms with van der Waals surface area (Å²) in [4.78, 5) is 4.38. The number of halogens is 3. The highest BCUT2D eigenvalue weighted by Crippen LogP contribution is 2.28. The summed E-state index contributed by atoms with van der Waals surface area (Å²) in [5.74, 6) is -1.15. The molecule has 0 saturated carbocycles. The zero-order valence-corrected chi connectivity index (χ0v) is 11.6. The van der Waals surface area contributed by atoms with Crippen LogP contribution in [0.3, 0.4) is 0 Å². The van der Waals surface area contributed by atoms with Crippen LogP contribution in [0.2, 0.25) is 0 Å². The van der Waals surface area contributed by atoms with Gasteiger partial charge in [0.15, 0.2) is 11.6 Å². The molecule has 0 aliphatic heterocycles. The van der Waals surface area contributed by atoms with Crippen molar-refractivity contribution < 1.29 is 8.78 Å². The van der Waals surface area contributed by atoms with Crippen LogP contribution in [0.15, 0.2) is 41.0 Å². The molecule has 0 bridgehead atoms. The number of benzene rings is 1. The maximum absolute atomic E-state index is 13.3. The van der Waals surface area contributed by atoms with E-state index in [2.05, 4.69) is 20.9 Å². The molecular formula is C14H9BrF2N2. The molecule has 0 N–H and O–H groups in total. The molecule has 0 saturated heterocycles. The molecule has 2 aromatic heterocycles. The van der Waals surface area contributed by atoms with Crippen LogP contribution in [0, 0.1) is 18.6 Å². The molecule has 0 amide bonds. The van der Waals surface area contributed by atoms with Crippen molar-refractivity contribution in [2.75, 3.05) is 0 Å². The minimum absolute atomic E-state index is 0.536. The number of pyridine rings is 1. The number of nitrogens with zero attached hydrogens (tertiary/aromatic N) is 2. The van der Waals surface area contributed by atoms with Gasteiger partial charge in [0.05, 0.1) is 5.52 Å². The largest absolute Gasteiger partial charge is 0.296 e. The maximum Gasteiger partial charge on any atom is 0.159 e. The van der Waals surface area contributed by atoms with Gasteiger partial charge in [-0.2, -0.15) is 0 Å². The van der Waals surface area contributed by atoms with Crippen molar-refractivity contribution in [2.24, 2.45) is 0 Å². The smallest absolute Gasteiger partial charge is 0.159 e. The van der Waals surface area contributed by atoms with Crippen LogP contribution in [0.5, 0.6) is 0 Å². The van der Waals surface area contributed by atoms with Crippen molar-refractivity contribution in [1.29, 1.82) is 0 Å². The molecule has 0 spiro atoms. The van der Waals surface area contributed by atoms with Crippen LogP contribution in [0.25, 0.3) is 16.9 Å². The predicted octanol–water partition coefficient (Wildman–Crippen LogP) is 4.35. The normalized spacial score (nSPS) is 11.2. The minimum Gasteiger partial charge on any atom is -0.296 e. The second-order valence-electron chi connectivity index (χ2n) is 4.24. The summed E-state index contributed by atoms with van der Waals surface area (Å²) in [5, 5.41) is 0. The van der Waals surface area contributed by atoms with E-state index in [-0.39, 0.29) is 0 Å². The lowest BCUT2D eigenvalue weighted by Gasteiger charge is -2.05. The van der Waals surface area contributed by atoms with Gasteiger partial charge < -0.3 is 0 Å². The van der Waals surface area contributed by atoms with Crippen LogP contribution >= 0.6 is 15.9 Å². The van der Waals surface area contributed by atoms with Gasteiger partial charge in [0, 0.05) is 11.3 Å². The lowest BCUT2D eigenvalue weighted by molar-refractivity contribution is 0.509. The first-order chi connectivity index (χ1) is 9.08. The van der Waals surface area contributed by atoms with E-state index in [4.69, 9.17) is 0 Å². The van der Waals surface area contributed by atoms with Gasteiger partial charge in [-0.05, 0) is 53.2 Å². The Bertz CT molecular complexity index is 780. The predicted molar refractivity (Wildman–Crippen MR) is 73.0 cm³/mol. The molecule has 2 nitrogen and oxygen atoms in total. The first-order valence-electron chi connectivity index (χ1n) is 5.67. The van der Waals surface area contributed by atoms with Crippen LogP contribution in [0.1, 0.15) is 5.69 Å². The van der Waals surface area contributed by atoms with Gasteiger partial charge in [-0.25, -0.2) is 13.8 Å². The van der Waals surface area contributed by atoms with Gasteiger partial charge >= 0.3 is 0 Å². The summed E-state index contributed by atoms with van der Waals surface area (Å²) >= 11 is 3.38. The van der Waals surface area contributed by atoms with Crippen molar-refractivity contribution in [3.63, 3.8) is 0 Å². The van der Waals surface area contributed by atoms with Gasteiger partial charge in [0.2, 0.25) is 0 Å². The van der Waals surface area contributed by atoms with Gasteiger partial charge in [0.25, 0.3) is 0 Å².